The molecule has 0 atom stereocenters. The zero-order valence-electron chi connectivity index (χ0n) is 8.52. The van der Waals surface area contributed by atoms with Crippen molar-refractivity contribution in [3.63, 3.8) is 0 Å². The predicted molar refractivity (Wildman–Crippen MR) is 57.4 cm³/mol. The third-order valence-electron chi connectivity index (χ3n) is 1.74. The maximum Gasteiger partial charge on any atom is 0.315 e. The van der Waals surface area contributed by atoms with Crippen molar-refractivity contribution >= 4 is 17.7 Å². The Morgan fingerprint density at radius 3 is 2.80 bits per heavy atom. The summed E-state index contributed by atoms with van der Waals surface area (Å²) >= 11 is 1.20. The highest BCUT2D eigenvalue weighted by molar-refractivity contribution is 8.00. The summed E-state index contributed by atoms with van der Waals surface area (Å²) in [4.78, 5) is 11.5. The first-order valence-corrected chi connectivity index (χ1v) is 5.22. The molecule has 4 nitrogen and oxygen atoms in total. The number of methoxy groups -OCH3 is 2. The standard InChI is InChI=1S/C10H12O4S/c1-13-7-3-4-8(11)9(5-7)15-6-10(12)14-2/h3-5,11H,6H2,1-2H3. The van der Waals surface area contributed by atoms with Crippen LogP contribution >= 0.6 is 11.8 Å². The van der Waals surface area contributed by atoms with Crippen molar-refractivity contribution in [2.45, 2.75) is 4.90 Å². The van der Waals surface area contributed by atoms with Crippen molar-refractivity contribution in [2.75, 3.05) is 20.0 Å². The van der Waals surface area contributed by atoms with Crippen LogP contribution in [-0.4, -0.2) is 31.0 Å². The number of carbonyl (C=O) groups is 1. The number of hydrogen-bond donors (Lipinski definition) is 1. The first-order chi connectivity index (χ1) is 7.17. The molecule has 0 saturated heterocycles. The summed E-state index contributed by atoms with van der Waals surface area (Å²) in [6.45, 7) is 0. The number of phenols is 1. The highest BCUT2D eigenvalue weighted by Crippen LogP contribution is 2.31. The number of esters is 1. The average Bonchev–Trinajstić information content (AvgIpc) is 2.27. The van der Waals surface area contributed by atoms with Crippen molar-refractivity contribution in [1.29, 1.82) is 0 Å². The molecule has 0 saturated carbocycles. The fraction of sp³-hybridized carbons (Fsp3) is 0.300. The summed E-state index contributed by atoms with van der Waals surface area (Å²) < 4.78 is 9.50. The minimum absolute atomic E-state index is 0.129. The molecule has 0 spiro atoms. The van der Waals surface area contributed by atoms with E-state index in [0.717, 1.165) is 0 Å². The first-order valence-electron chi connectivity index (χ1n) is 4.24. The number of aromatic hydroxyl groups is 1. The molecular formula is C10H12O4S. The van der Waals surface area contributed by atoms with Crippen LogP contribution in [0.1, 0.15) is 0 Å². The van der Waals surface area contributed by atoms with Crippen LogP contribution in [0.2, 0.25) is 0 Å². The summed E-state index contributed by atoms with van der Waals surface area (Å²) in [5.74, 6) is 0.601. The van der Waals surface area contributed by atoms with E-state index in [4.69, 9.17) is 4.74 Å². The molecule has 0 heterocycles. The van der Waals surface area contributed by atoms with Crippen LogP contribution in [0.5, 0.6) is 11.5 Å². The number of ether oxygens (including phenoxy) is 2. The lowest BCUT2D eigenvalue weighted by Gasteiger charge is -2.05. The molecule has 0 aliphatic carbocycles. The molecule has 0 unspecified atom stereocenters. The lowest BCUT2D eigenvalue weighted by molar-refractivity contribution is -0.137. The van der Waals surface area contributed by atoms with Crippen LogP contribution in [0.4, 0.5) is 0 Å². The first kappa shape index (κ1) is 11.7. The summed E-state index contributed by atoms with van der Waals surface area (Å²) in [6.07, 6.45) is 0. The van der Waals surface area contributed by atoms with E-state index < -0.39 is 0 Å². The van der Waals surface area contributed by atoms with Crippen LogP contribution in [0.25, 0.3) is 0 Å². The van der Waals surface area contributed by atoms with Gasteiger partial charge in [0.15, 0.2) is 0 Å². The molecule has 1 aromatic carbocycles. The van der Waals surface area contributed by atoms with Gasteiger partial charge in [0, 0.05) is 0 Å². The van der Waals surface area contributed by atoms with E-state index in [1.54, 1.807) is 19.2 Å². The van der Waals surface area contributed by atoms with Crippen molar-refractivity contribution in [3.8, 4) is 11.5 Å². The summed E-state index contributed by atoms with van der Waals surface area (Å²) in [7, 11) is 2.87. The van der Waals surface area contributed by atoms with E-state index >= 15 is 0 Å². The third kappa shape index (κ3) is 3.36. The highest BCUT2D eigenvalue weighted by atomic mass is 32.2. The smallest absolute Gasteiger partial charge is 0.315 e. The SMILES string of the molecule is COC(=O)CSc1cc(OC)ccc1O. The number of hydrogen-bond acceptors (Lipinski definition) is 5. The Morgan fingerprint density at radius 2 is 2.20 bits per heavy atom. The Morgan fingerprint density at radius 1 is 1.47 bits per heavy atom. The molecule has 0 aliphatic rings. The van der Waals surface area contributed by atoms with E-state index in [0.29, 0.717) is 10.6 Å². The van der Waals surface area contributed by atoms with Crippen molar-refractivity contribution in [1.82, 2.24) is 0 Å². The van der Waals surface area contributed by atoms with Gasteiger partial charge in [-0.2, -0.15) is 0 Å². The van der Waals surface area contributed by atoms with Crippen molar-refractivity contribution in [2.24, 2.45) is 0 Å². The molecule has 82 valence electrons. The Kier molecular flexibility index (Phi) is 4.30. The van der Waals surface area contributed by atoms with Gasteiger partial charge in [-0.25, -0.2) is 0 Å². The van der Waals surface area contributed by atoms with Gasteiger partial charge in [0.05, 0.1) is 24.9 Å². The van der Waals surface area contributed by atoms with Crippen molar-refractivity contribution < 1.29 is 19.4 Å². The maximum absolute atomic E-state index is 10.9. The zero-order chi connectivity index (χ0) is 11.3. The fourth-order valence-corrected chi connectivity index (χ4v) is 1.74. The molecule has 0 amide bonds. The van der Waals surface area contributed by atoms with Gasteiger partial charge in [0.1, 0.15) is 11.5 Å². The van der Waals surface area contributed by atoms with E-state index in [-0.39, 0.29) is 17.5 Å². The summed E-state index contributed by atoms with van der Waals surface area (Å²) in [5, 5.41) is 9.49. The topological polar surface area (TPSA) is 55.8 Å². The predicted octanol–water partition coefficient (Wildman–Crippen LogP) is 1.67. The van der Waals surface area contributed by atoms with Gasteiger partial charge in [-0.3, -0.25) is 4.79 Å². The monoisotopic (exact) mass is 228 g/mol. The number of carbonyl (C=O) groups excluding carboxylic acids is 1. The number of phenolic OH excluding ortho intramolecular Hbond substituents is 1. The molecule has 0 radical (unpaired) electrons. The summed E-state index contributed by atoms with van der Waals surface area (Å²) in [6, 6.07) is 4.85. The van der Waals surface area contributed by atoms with Gasteiger partial charge in [0.2, 0.25) is 0 Å². The van der Waals surface area contributed by atoms with Crippen LogP contribution in [0, 0.1) is 0 Å². The molecule has 1 N–H and O–H groups in total. The Labute approximate surface area is 92.2 Å². The van der Waals surface area contributed by atoms with Crippen LogP contribution < -0.4 is 4.74 Å². The molecule has 15 heavy (non-hydrogen) atoms. The quantitative estimate of drug-likeness (QED) is 0.627. The molecule has 0 aliphatic heterocycles. The second-order valence-electron chi connectivity index (χ2n) is 2.70. The largest absolute Gasteiger partial charge is 0.507 e. The molecule has 0 fully saturated rings. The molecule has 1 aromatic rings. The molecule has 0 bridgehead atoms. The Balaban J connectivity index is 2.70. The average molecular weight is 228 g/mol. The molecule has 5 heteroatoms. The number of benzene rings is 1. The minimum atomic E-state index is -0.331. The summed E-state index contributed by atoms with van der Waals surface area (Å²) in [5.41, 5.74) is 0. The highest BCUT2D eigenvalue weighted by Gasteiger charge is 2.07. The van der Waals surface area contributed by atoms with Gasteiger partial charge < -0.3 is 14.6 Å². The second kappa shape index (κ2) is 5.50. The van der Waals surface area contributed by atoms with E-state index in [2.05, 4.69) is 4.74 Å². The van der Waals surface area contributed by atoms with Crippen LogP contribution in [-0.2, 0) is 9.53 Å². The third-order valence-corrected chi connectivity index (χ3v) is 2.76. The van der Waals surface area contributed by atoms with Gasteiger partial charge in [0.25, 0.3) is 0 Å². The fourth-order valence-electron chi connectivity index (χ4n) is 0.933. The van der Waals surface area contributed by atoms with Gasteiger partial charge in [-0.05, 0) is 18.2 Å². The molecular weight excluding hydrogens is 216 g/mol. The van der Waals surface area contributed by atoms with E-state index in [1.165, 1.54) is 24.9 Å². The van der Waals surface area contributed by atoms with E-state index in [9.17, 15) is 9.90 Å². The van der Waals surface area contributed by atoms with Gasteiger partial charge in [-0.15, -0.1) is 11.8 Å². The van der Waals surface area contributed by atoms with E-state index in [1.807, 2.05) is 0 Å². The van der Waals surface area contributed by atoms with Crippen LogP contribution in [0.3, 0.4) is 0 Å². The lowest BCUT2D eigenvalue weighted by atomic mass is 10.3. The van der Waals surface area contributed by atoms with Crippen LogP contribution in [0.15, 0.2) is 23.1 Å². The lowest BCUT2D eigenvalue weighted by Crippen LogP contribution is -2.02. The van der Waals surface area contributed by atoms with Gasteiger partial charge in [-0.1, -0.05) is 0 Å². The second-order valence-corrected chi connectivity index (χ2v) is 3.72. The Hall–Kier alpha value is -1.36. The van der Waals surface area contributed by atoms with Gasteiger partial charge >= 0.3 is 5.97 Å². The number of thioether (sulfide) groups is 1. The maximum atomic E-state index is 10.9. The Bertz CT molecular complexity index is 351. The normalized spacial score (nSPS) is 9.73. The number of rotatable bonds is 4. The van der Waals surface area contributed by atoms with Crippen molar-refractivity contribution in [3.05, 3.63) is 18.2 Å². The molecule has 1 rings (SSSR count). The molecule has 0 aromatic heterocycles. The zero-order valence-corrected chi connectivity index (χ0v) is 9.34. The minimum Gasteiger partial charge on any atom is -0.507 e.